The van der Waals surface area contributed by atoms with Crippen molar-refractivity contribution in [1.29, 1.82) is 0 Å². The Labute approximate surface area is 393 Å². The smallest absolute Gasteiger partial charge is 0.164 e. The minimum atomic E-state index is 0.591. The Morgan fingerprint density at radius 1 is 0.206 bits per heavy atom. The topological polar surface area (TPSA) is 48.5 Å². The minimum Gasteiger partial charge on any atom is -0.309 e. The van der Waals surface area contributed by atoms with Crippen LogP contribution < -0.4 is 0 Å². The molecule has 0 N–H and O–H groups in total. The summed E-state index contributed by atoms with van der Waals surface area (Å²) in [5, 5.41) is 4.83. The second-order valence-corrected chi connectivity index (χ2v) is 17.3. The lowest BCUT2D eigenvalue weighted by Gasteiger charge is -2.15. The number of hydrogen-bond donors (Lipinski definition) is 0. The molecular weight excluding hydrogens is 827 g/mol. The number of benzene rings is 10. The molecule has 3 heterocycles. The normalized spacial score (nSPS) is 11.5. The maximum absolute atomic E-state index is 5.35. The van der Waals surface area contributed by atoms with Gasteiger partial charge in [0.2, 0.25) is 0 Å². The average molecular weight is 868 g/mol. The van der Waals surface area contributed by atoms with Gasteiger partial charge >= 0.3 is 0 Å². The van der Waals surface area contributed by atoms with Crippen molar-refractivity contribution >= 4 is 43.6 Å². The van der Waals surface area contributed by atoms with Gasteiger partial charge in [0.05, 0.1) is 22.1 Å². The third-order valence-corrected chi connectivity index (χ3v) is 13.2. The Hall–Kier alpha value is -9.19. The molecule has 13 aromatic rings. The number of aromatic nitrogens is 5. The Balaban J connectivity index is 1.04. The lowest BCUT2D eigenvalue weighted by molar-refractivity contribution is 1.07. The summed E-state index contributed by atoms with van der Waals surface area (Å²) in [4.78, 5) is 15.9. The molecule has 0 fully saturated rings. The van der Waals surface area contributed by atoms with Crippen molar-refractivity contribution in [3.8, 4) is 78.9 Å². The van der Waals surface area contributed by atoms with E-state index in [-0.39, 0.29) is 0 Å². The SMILES string of the molecule is c1ccc(-c2ccc(-c3nc(-c4cccc(-c5ccccc5)c4)nc(-c4cc(-c5ccccc5)cc(-n5c6ccccc6c6ccc(-n7c8ccccc8c8ccccc87)cc65)c4)n3)cc2)cc1. The maximum atomic E-state index is 5.35. The van der Waals surface area contributed by atoms with Gasteiger partial charge in [-0.3, -0.25) is 0 Å². The number of fused-ring (bicyclic) bond motifs is 6. The second kappa shape index (κ2) is 16.4. The molecule has 68 heavy (non-hydrogen) atoms. The van der Waals surface area contributed by atoms with Gasteiger partial charge in [0.1, 0.15) is 0 Å². The lowest BCUT2D eigenvalue weighted by Crippen LogP contribution is -2.02. The Morgan fingerprint density at radius 2 is 0.588 bits per heavy atom. The highest BCUT2D eigenvalue weighted by Crippen LogP contribution is 2.39. The van der Waals surface area contributed by atoms with Crippen molar-refractivity contribution in [2.24, 2.45) is 0 Å². The fourth-order valence-electron chi connectivity index (χ4n) is 9.92. The third kappa shape index (κ3) is 6.84. The Morgan fingerprint density at radius 3 is 1.18 bits per heavy atom. The van der Waals surface area contributed by atoms with Gasteiger partial charge in [0, 0.05) is 49.6 Å². The summed E-state index contributed by atoms with van der Waals surface area (Å²) in [5.74, 6) is 1.80. The van der Waals surface area contributed by atoms with Crippen LogP contribution in [0, 0.1) is 0 Å². The number of nitrogens with zero attached hydrogens (tertiary/aromatic N) is 5. The van der Waals surface area contributed by atoms with Crippen molar-refractivity contribution in [1.82, 2.24) is 24.1 Å². The Bertz CT molecular complexity index is 3950. The van der Waals surface area contributed by atoms with E-state index in [9.17, 15) is 0 Å². The summed E-state index contributed by atoms with van der Waals surface area (Å²) in [6.45, 7) is 0. The average Bonchev–Trinajstić information content (AvgIpc) is 3.94. The van der Waals surface area contributed by atoms with Gasteiger partial charge in [-0.1, -0.05) is 194 Å². The van der Waals surface area contributed by atoms with E-state index < -0.39 is 0 Å². The molecule has 3 aromatic heterocycles. The van der Waals surface area contributed by atoms with Crippen molar-refractivity contribution in [2.75, 3.05) is 0 Å². The van der Waals surface area contributed by atoms with Gasteiger partial charge in [-0.15, -0.1) is 0 Å². The summed E-state index contributed by atoms with van der Waals surface area (Å²) >= 11 is 0. The fourth-order valence-corrected chi connectivity index (χ4v) is 9.92. The maximum Gasteiger partial charge on any atom is 0.164 e. The van der Waals surface area contributed by atoms with Gasteiger partial charge in [0.25, 0.3) is 0 Å². The van der Waals surface area contributed by atoms with Gasteiger partial charge in [-0.2, -0.15) is 0 Å². The number of para-hydroxylation sites is 3. The molecule has 0 spiro atoms. The van der Waals surface area contributed by atoms with E-state index in [1.54, 1.807) is 0 Å². The van der Waals surface area contributed by atoms with Crippen LogP contribution in [-0.4, -0.2) is 24.1 Å². The monoisotopic (exact) mass is 867 g/mol. The summed E-state index contributed by atoms with van der Waals surface area (Å²) in [6.07, 6.45) is 0. The molecule has 13 rings (SSSR count). The summed E-state index contributed by atoms with van der Waals surface area (Å²) < 4.78 is 4.80. The molecule has 5 nitrogen and oxygen atoms in total. The molecule has 0 aliphatic rings. The van der Waals surface area contributed by atoms with Crippen LogP contribution in [0.15, 0.2) is 249 Å². The first-order chi connectivity index (χ1) is 33.7. The van der Waals surface area contributed by atoms with E-state index in [0.29, 0.717) is 17.5 Å². The first-order valence-electron chi connectivity index (χ1n) is 23.0. The molecule has 0 aliphatic carbocycles. The molecule has 0 radical (unpaired) electrons. The summed E-state index contributed by atoms with van der Waals surface area (Å²) in [5.41, 5.74) is 16.1. The zero-order valence-corrected chi connectivity index (χ0v) is 36.9. The highest BCUT2D eigenvalue weighted by Gasteiger charge is 2.20. The van der Waals surface area contributed by atoms with E-state index >= 15 is 0 Å². The zero-order chi connectivity index (χ0) is 45.0. The second-order valence-electron chi connectivity index (χ2n) is 17.3. The van der Waals surface area contributed by atoms with Crippen LogP contribution in [-0.2, 0) is 0 Å². The first-order valence-corrected chi connectivity index (χ1v) is 23.0. The standard InChI is InChI=1S/C63H41N5/c1-4-17-42(18-5-1)45-31-33-46(34-32-45)61-64-62(48-24-16-23-47(37-48)43-19-6-2-7-20-43)66-63(65-61)50-38-49(44-21-8-3-9-22-44)39-52(40-50)68-59-30-15-12-27-55(59)56-36-35-51(41-60(56)68)67-57-28-13-10-25-53(57)54-26-11-14-29-58(54)67/h1-41H. The molecule has 0 amide bonds. The van der Waals surface area contributed by atoms with Gasteiger partial charge in [-0.25, -0.2) is 15.0 Å². The quantitative estimate of drug-likeness (QED) is 0.153. The van der Waals surface area contributed by atoms with E-state index in [1.165, 1.54) is 32.6 Å². The van der Waals surface area contributed by atoms with Crippen LogP contribution in [0.25, 0.3) is 123 Å². The highest BCUT2D eigenvalue weighted by molar-refractivity contribution is 6.12. The highest BCUT2D eigenvalue weighted by atomic mass is 15.0. The van der Waals surface area contributed by atoms with Crippen LogP contribution in [0.4, 0.5) is 0 Å². The van der Waals surface area contributed by atoms with E-state index in [1.807, 2.05) is 12.1 Å². The largest absolute Gasteiger partial charge is 0.309 e. The Kier molecular flexibility index (Phi) is 9.43. The molecule has 318 valence electrons. The van der Waals surface area contributed by atoms with Crippen LogP contribution in [0.1, 0.15) is 0 Å². The molecule has 0 saturated heterocycles. The molecule has 0 unspecified atom stereocenters. The fraction of sp³-hybridized carbons (Fsp3) is 0. The van der Waals surface area contributed by atoms with E-state index in [2.05, 4.69) is 246 Å². The van der Waals surface area contributed by atoms with Crippen molar-refractivity contribution in [3.63, 3.8) is 0 Å². The van der Waals surface area contributed by atoms with Crippen molar-refractivity contribution in [3.05, 3.63) is 249 Å². The van der Waals surface area contributed by atoms with Crippen molar-refractivity contribution in [2.45, 2.75) is 0 Å². The lowest BCUT2D eigenvalue weighted by atomic mass is 10.0. The summed E-state index contributed by atoms with van der Waals surface area (Å²) in [7, 11) is 0. The van der Waals surface area contributed by atoms with Gasteiger partial charge < -0.3 is 9.13 Å². The van der Waals surface area contributed by atoms with E-state index in [0.717, 1.165) is 72.5 Å². The van der Waals surface area contributed by atoms with Crippen LogP contribution >= 0.6 is 0 Å². The molecular formula is C63H41N5. The van der Waals surface area contributed by atoms with Crippen molar-refractivity contribution < 1.29 is 0 Å². The number of rotatable bonds is 8. The molecule has 0 atom stereocenters. The molecule has 0 saturated carbocycles. The minimum absolute atomic E-state index is 0.591. The summed E-state index contributed by atoms with van der Waals surface area (Å²) in [6, 6.07) is 88.3. The van der Waals surface area contributed by atoms with E-state index in [4.69, 9.17) is 15.0 Å². The molecule has 10 aromatic carbocycles. The van der Waals surface area contributed by atoms with Crippen LogP contribution in [0.2, 0.25) is 0 Å². The van der Waals surface area contributed by atoms with Gasteiger partial charge in [-0.05, 0) is 88.0 Å². The molecule has 0 bridgehead atoms. The predicted octanol–water partition coefficient (Wildman–Crippen LogP) is 16.1. The first kappa shape index (κ1) is 39.2. The van der Waals surface area contributed by atoms with Crippen LogP contribution in [0.3, 0.4) is 0 Å². The van der Waals surface area contributed by atoms with Gasteiger partial charge in [0.15, 0.2) is 17.5 Å². The molecule has 0 aliphatic heterocycles. The predicted molar refractivity (Wildman–Crippen MR) is 281 cm³/mol. The zero-order valence-electron chi connectivity index (χ0n) is 36.9. The van der Waals surface area contributed by atoms with Crippen LogP contribution in [0.5, 0.6) is 0 Å². The number of hydrogen-bond acceptors (Lipinski definition) is 3. The third-order valence-electron chi connectivity index (χ3n) is 13.2. The molecule has 5 heteroatoms.